The van der Waals surface area contributed by atoms with Crippen LogP contribution in [0, 0.1) is 0 Å². The van der Waals surface area contributed by atoms with E-state index in [2.05, 4.69) is 24.9 Å². The van der Waals surface area contributed by atoms with Crippen molar-refractivity contribution < 1.29 is 5.11 Å². The van der Waals surface area contributed by atoms with Gasteiger partial charge in [0.15, 0.2) is 0 Å². The Bertz CT molecular complexity index is 404. The molecular formula is C17H27NO. The van der Waals surface area contributed by atoms with Crippen molar-refractivity contribution in [3.8, 4) is 5.75 Å². The third-order valence-corrected chi connectivity index (χ3v) is 4.49. The molecule has 0 aromatic heterocycles. The van der Waals surface area contributed by atoms with Gasteiger partial charge in [0, 0.05) is 12.0 Å². The van der Waals surface area contributed by atoms with E-state index in [0.717, 1.165) is 6.54 Å². The van der Waals surface area contributed by atoms with Gasteiger partial charge in [0.25, 0.3) is 0 Å². The minimum atomic E-state index is 0.236. The number of nitrogens with zero attached hydrogens (tertiary/aromatic N) is 1. The first-order valence-corrected chi connectivity index (χ1v) is 7.64. The Morgan fingerprint density at radius 3 is 2.89 bits per heavy atom. The Labute approximate surface area is 117 Å². The van der Waals surface area contributed by atoms with Crippen LogP contribution in [0.4, 0.5) is 0 Å². The summed E-state index contributed by atoms with van der Waals surface area (Å²) in [6, 6.07) is 7.95. The molecule has 1 aliphatic rings. The molecule has 0 amide bonds. The van der Waals surface area contributed by atoms with Crippen LogP contribution in [-0.4, -0.2) is 30.1 Å². The van der Waals surface area contributed by atoms with Crippen molar-refractivity contribution in [2.24, 2.45) is 0 Å². The van der Waals surface area contributed by atoms with Gasteiger partial charge in [-0.1, -0.05) is 38.3 Å². The fraction of sp³-hybridized carbons (Fsp3) is 0.647. The van der Waals surface area contributed by atoms with Gasteiger partial charge in [-0.15, -0.1) is 0 Å². The van der Waals surface area contributed by atoms with E-state index < -0.39 is 0 Å². The fourth-order valence-electron chi connectivity index (χ4n) is 3.45. The first-order valence-electron chi connectivity index (χ1n) is 7.64. The second-order valence-corrected chi connectivity index (χ2v) is 6.13. The average Bonchev–Trinajstić information content (AvgIpc) is 2.59. The van der Waals surface area contributed by atoms with E-state index >= 15 is 0 Å². The van der Waals surface area contributed by atoms with Gasteiger partial charge >= 0.3 is 0 Å². The first kappa shape index (κ1) is 14.4. The highest BCUT2D eigenvalue weighted by Crippen LogP contribution is 2.38. The lowest BCUT2D eigenvalue weighted by molar-refractivity contribution is 0.246. The van der Waals surface area contributed by atoms with Gasteiger partial charge in [-0.3, -0.25) is 0 Å². The molecule has 0 bridgehead atoms. The van der Waals surface area contributed by atoms with E-state index in [4.69, 9.17) is 0 Å². The van der Waals surface area contributed by atoms with Crippen LogP contribution in [-0.2, 0) is 5.41 Å². The zero-order chi connectivity index (χ0) is 13.7. The molecule has 1 atom stereocenters. The average molecular weight is 261 g/mol. The summed E-state index contributed by atoms with van der Waals surface area (Å²) in [5.74, 6) is 0.403. The number of phenols is 1. The third kappa shape index (κ3) is 3.50. The van der Waals surface area contributed by atoms with Crippen molar-refractivity contribution in [2.45, 2.75) is 50.9 Å². The van der Waals surface area contributed by atoms with Crippen LogP contribution in [0.3, 0.4) is 0 Å². The molecule has 1 fully saturated rings. The summed E-state index contributed by atoms with van der Waals surface area (Å²) in [6.45, 7) is 4.58. The van der Waals surface area contributed by atoms with Gasteiger partial charge in [-0.25, -0.2) is 0 Å². The van der Waals surface area contributed by atoms with Gasteiger partial charge in [0.2, 0.25) is 0 Å². The van der Waals surface area contributed by atoms with Crippen molar-refractivity contribution in [3.05, 3.63) is 29.8 Å². The molecular weight excluding hydrogens is 234 g/mol. The summed E-state index contributed by atoms with van der Waals surface area (Å²) in [4.78, 5) is 2.46. The molecule has 0 radical (unpaired) electrons. The minimum Gasteiger partial charge on any atom is -0.508 e. The molecule has 19 heavy (non-hydrogen) atoms. The van der Waals surface area contributed by atoms with Crippen LogP contribution in [0.1, 0.15) is 51.0 Å². The van der Waals surface area contributed by atoms with Crippen LogP contribution < -0.4 is 0 Å². The summed E-state index contributed by atoms with van der Waals surface area (Å²) in [6.07, 6.45) is 7.58. The van der Waals surface area contributed by atoms with Crippen LogP contribution in [0.25, 0.3) is 0 Å². The van der Waals surface area contributed by atoms with Crippen LogP contribution in [0.5, 0.6) is 5.75 Å². The van der Waals surface area contributed by atoms with Gasteiger partial charge in [0.1, 0.15) is 5.75 Å². The molecule has 2 heteroatoms. The topological polar surface area (TPSA) is 23.5 Å². The molecule has 0 saturated carbocycles. The molecule has 1 aromatic carbocycles. The van der Waals surface area contributed by atoms with E-state index in [1.807, 2.05) is 12.1 Å². The lowest BCUT2D eigenvalue weighted by Crippen LogP contribution is -2.37. The quantitative estimate of drug-likeness (QED) is 0.887. The minimum absolute atomic E-state index is 0.236. The molecule has 1 N–H and O–H groups in total. The highest BCUT2D eigenvalue weighted by molar-refractivity contribution is 5.33. The maximum atomic E-state index is 9.81. The molecule has 2 nitrogen and oxygen atoms in total. The largest absolute Gasteiger partial charge is 0.508 e. The molecule has 2 rings (SSSR count). The third-order valence-electron chi connectivity index (χ3n) is 4.49. The number of phenolic OH excluding ortho intramolecular Hbond substituents is 1. The van der Waals surface area contributed by atoms with Crippen molar-refractivity contribution in [1.29, 1.82) is 0 Å². The summed E-state index contributed by atoms with van der Waals surface area (Å²) >= 11 is 0. The van der Waals surface area contributed by atoms with Gasteiger partial charge in [-0.05, 0) is 50.6 Å². The summed E-state index contributed by atoms with van der Waals surface area (Å²) in [5, 5.41) is 9.81. The Balaban J connectivity index is 2.32. The zero-order valence-corrected chi connectivity index (χ0v) is 12.4. The van der Waals surface area contributed by atoms with Crippen molar-refractivity contribution in [3.63, 3.8) is 0 Å². The van der Waals surface area contributed by atoms with Gasteiger partial charge < -0.3 is 10.0 Å². The second-order valence-electron chi connectivity index (χ2n) is 6.13. The SMILES string of the molecule is CCCCC1(c2cccc(O)c2)CCCCN(C)C1. The van der Waals surface area contributed by atoms with Crippen LogP contribution in [0.15, 0.2) is 24.3 Å². The normalized spacial score (nSPS) is 25.2. The predicted molar refractivity (Wildman–Crippen MR) is 80.7 cm³/mol. The number of rotatable bonds is 4. The van der Waals surface area contributed by atoms with E-state index in [0.29, 0.717) is 5.75 Å². The molecule has 0 spiro atoms. The molecule has 1 unspecified atom stereocenters. The number of likely N-dealkylation sites (tertiary alicyclic amines) is 1. The Hall–Kier alpha value is -1.02. The fourth-order valence-corrected chi connectivity index (χ4v) is 3.45. The number of hydrogen-bond acceptors (Lipinski definition) is 2. The van der Waals surface area contributed by atoms with Crippen molar-refractivity contribution in [2.75, 3.05) is 20.1 Å². The molecule has 1 heterocycles. The molecule has 1 aromatic rings. The summed E-state index contributed by atoms with van der Waals surface area (Å²) in [5.41, 5.74) is 1.56. The number of likely N-dealkylation sites (N-methyl/N-ethyl adjacent to an activating group) is 1. The molecule has 0 aliphatic carbocycles. The predicted octanol–water partition coefficient (Wildman–Crippen LogP) is 3.94. The van der Waals surface area contributed by atoms with E-state index in [1.165, 1.54) is 50.6 Å². The highest BCUT2D eigenvalue weighted by Gasteiger charge is 2.34. The second kappa shape index (κ2) is 6.42. The monoisotopic (exact) mass is 261 g/mol. The van der Waals surface area contributed by atoms with Crippen LogP contribution in [0.2, 0.25) is 0 Å². The smallest absolute Gasteiger partial charge is 0.115 e. The van der Waals surface area contributed by atoms with Gasteiger partial charge in [-0.2, -0.15) is 0 Å². The lowest BCUT2D eigenvalue weighted by Gasteiger charge is -2.36. The summed E-state index contributed by atoms with van der Waals surface area (Å²) < 4.78 is 0. The van der Waals surface area contributed by atoms with Gasteiger partial charge in [0.05, 0.1) is 0 Å². The zero-order valence-electron chi connectivity index (χ0n) is 12.4. The Morgan fingerprint density at radius 1 is 1.32 bits per heavy atom. The molecule has 1 saturated heterocycles. The molecule has 1 aliphatic heterocycles. The number of unbranched alkanes of at least 4 members (excludes halogenated alkanes) is 1. The van der Waals surface area contributed by atoms with E-state index in [1.54, 1.807) is 6.07 Å². The van der Waals surface area contributed by atoms with Crippen molar-refractivity contribution in [1.82, 2.24) is 4.90 Å². The standard InChI is InChI=1S/C17H27NO/c1-3-4-10-17(11-5-6-12-18(2)14-17)15-8-7-9-16(19)13-15/h7-9,13,19H,3-6,10-12,14H2,1-2H3. The number of hydrogen-bond donors (Lipinski definition) is 1. The Morgan fingerprint density at radius 2 is 2.16 bits per heavy atom. The first-order chi connectivity index (χ1) is 9.16. The van der Waals surface area contributed by atoms with E-state index in [9.17, 15) is 5.11 Å². The molecule has 106 valence electrons. The maximum absolute atomic E-state index is 9.81. The number of aromatic hydroxyl groups is 1. The van der Waals surface area contributed by atoms with Crippen LogP contribution >= 0.6 is 0 Å². The highest BCUT2D eigenvalue weighted by atomic mass is 16.3. The Kier molecular flexibility index (Phi) is 4.87. The maximum Gasteiger partial charge on any atom is 0.115 e. The lowest BCUT2D eigenvalue weighted by atomic mass is 9.73. The number of benzene rings is 1. The van der Waals surface area contributed by atoms with E-state index in [-0.39, 0.29) is 5.41 Å². The van der Waals surface area contributed by atoms with Crippen molar-refractivity contribution >= 4 is 0 Å². The summed E-state index contributed by atoms with van der Waals surface area (Å²) in [7, 11) is 2.23.